The van der Waals surface area contributed by atoms with Gasteiger partial charge >= 0.3 is 17.9 Å². The van der Waals surface area contributed by atoms with E-state index in [-0.39, 0.29) is 6.42 Å². The van der Waals surface area contributed by atoms with Crippen molar-refractivity contribution in [1.82, 2.24) is 0 Å². The minimum atomic E-state index is -1.18. The molecular weight excluding hydrogens is 310 g/mol. The number of rotatable bonds is 3. The molecule has 128 valence electrons. The highest BCUT2D eigenvalue weighted by Gasteiger charge is 2.49. The van der Waals surface area contributed by atoms with Crippen LogP contribution in [0.1, 0.15) is 39.7 Å². The van der Waals surface area contributed by atoms with E-state index in [0.29, 0.717) is 0 Å². The Kier molecular flexibility index (Phi) is 4.87. The number of hydrogen-bond donors (Lipinski definition) is 0. The first kappa shape index (κ1) is 17.8. The second-order valence-corrected chi connectivity index (χ2v) is 7.00. The molecule has 0 aromatic heterocycles. The molecule has 0 saturated carbocycles. The van der Waals surface area contributed by atoms with Crippen LogP contribution in [0.4, 0.5) is 0 Å². The summed E-state index contributed by atoms with van der Waals surface area (Å²) in [5.74, 6) is -2.13. The summed E-state index contributed by atoms with van der Waals surface area (Å²) in [6.07, 6.45) is 0.475. The van der Waals surface area contributed by atoms with Gasteiger partial charge in [0.1, 0.15) is 0 Å². The topological polar surface area (TPSA) is 82.0 Å². The summed E-state index contributed by atoms with van der Waals surface area (Å²) < 4.78 is 9.86. The molecule has 1 aliphatic rings. The molecule has 0 bridgehead atoms. The highest BCUT2D eigenvalue weighted by Crippen LogP contribution is 2.30. The number of esters is 3. The van der Waals surface area contributed by atoms with Crippen molar-refractivity contribution in [3.05, 3.63) is 35.9 Å². The monoisotopic (exact) mass is 331 g/mol. The van der Waals surface area contributed by atoms with E-state index in [1.54, 1.807) is 33.9 Å². The summed E-state index contributed by atoms with van der Waals surface area (Å²) in [5.41, 5.74) is -1.15. The van der Waals surface area contributed by atoms with Crippen molar-refractivity contribution in [2.24, 2.45) is 10.4 Å². The van der Waals surface area contributed by atoms with Crippen molar-refractivity contribution in [1.29, 1.82) is 0 Å². The molecule has 0 amide bonds. The lowest BCUT2D eigenvalue weighted by Gasteiger charge is -2.16. The fourth-order valence-electron chi connectivity index (χ4n) is 2.05. The lowest BCUT2D eigenvalue weighted by atomic mass is 9.97. The Morgan fingerprint density at radius 3 is 2.50 bits per heavy atom. The Labute approximate surface area is 140 Å². The summed E-state index contributed by atoms with van der Waals surface area (Å²) >= 11 is 0. The van der Waals surface area contributed by atoms with Crippen molar-refractivity contribution in [3.8, 4) is 0 Å². The molecule has 2 unspecified atom stereocenters. The summed E-state index contributed by atoms with van der Waals surface area (Å²) in [4.78, 5) is 40.2. The number of carbonyl (C=O) groups is 3. The first-order valence-corrected chi connectivity index (χ1v) is 7.69. The molecule has 1 saturated heterocycles. The van der Waals surface area contributed by atoms with Crippen LogP contribution in [0.25, 0.3) is 0 Å². The van der Waals surface area contributed by atoms with Crippen LogP contribution in [0.3, 0.4) is 0 Å². The van der Waals surface area contributed by atoms with Crippen molar-refractivity contribution >= 4 is 24.1 Å². The maximum Gasteiger partial charge on any atom is 0.355 e. The average Bonchev–Trinajstić information content (AvgIpc) is 2.81. The van der Waals surface area contributed by atoms with E-state index in [2.05, 4.69) is 4.99 Å². The first-order valence-electron chi connectivity index (χ1n) is 7.69. The second-order valence-electron chi connectivity index (χ2n) is 7.00. The van der Waals surface area contributed by atoms with Crippen molar-refractivity contribution < 1.29 is 23.9 Å². The zero-order chi connectivity index (χ0) is 18.0. The van der Waals surface area contributed by atoms with Gasteiger partial charge in [-0.3, -0.25) is 9.79 Å². The van der Waals surface area contributed by atoms with E-state index in [9.17, 15) is 14.4 Å². The van der Waals surface area contributed by atoms with Gasteiger partial charge in [-0.05, 0) is 33.3 Å². The zero-order valence-corrected chi connectivity index (χ0v) is 14.2. The molecule has 0 N–H and O–H groups in total. The normalized spacial score (nSPS) is 24.0. The van der Waals surface area contributed by atoms with E-state index >= 15 is 0 Å². The number of hydrogen-bond acceptors (Lipinski definition) is 6. The molecule has 2 atom stereocenters. The lowest BCUT2D eigenvalue weighted by molar-refractivity contribution is -0.174. The van der Waals surface area contributed by atoms with Gasteiger partial charge in [-0.2, -0.15) is 0 Å². The third kappa shape index (κ3) is 4.07. The molecule has 6 nitrogen and oxygen atoms in total. The molecule has 6 heteroatoms. The predicted molar refractivity (Wildman–Crippen MR) is 87.5 cm³/mol. The molecular formula is C18H21NO5. The van der Waals surface area contributed by atoms with Gasteiger partial charge in [0, 0.05) is 12.6 Å². The SMILES string of the molecule is CC(C)(C)C(=O)OC(=O)C1CC(C)(N=Cc2ccccc2)C(=O)O1. The lowest BCUT2D eigenvalue weighted by Crippen LogP contribution is -2.32. The zero-order valence-electron chi connectivity index (χ0n) is 14.2. The predicted octanol–water partition coefficient (Wildman–Crippen LogP) is 2.30. The van der Waals surface area contributed by atoms with Crippen molar-refractivity contribution in [3.63, 3.8) is 0 Å². The molecule has 2 rings (SSSR count). The number of benzene rings is 1. The summed E-state index contributed by atoms with van der Waals surface area (Å²) in [7, 11) is 0. The molecule has 1 aromatic carbocycles. The summed E-state index contributed by atoms with van der Waals surface area (Å²) in [5, 5.41) is 0. The Balaban J connectivity index is 2.05. The largest absolute Gasteiger partial charge is 0.448 e. The third-order valence-corrected chi connectivity index (χ3v) is 3.64. The van der Waals surface area contributed by atoms with Gasteiger partial charge in [0.2, 0.25) is 6.10 Å². The highest BCUT2D eigenvalue weighted by atomic mass is 16.6. The molecule has 0 radical (unpaired) electrons. The van der Waals surface area contributed by atoms with Crippen LogP contribution in [-0.4, -0.2) is 35.8 Å². The van der Waals surface area contributed by atoms with E-state index in [1.807, 2.05) is 30.3 Å². The molecule has 24 heavy (non-hydrogen) atoms. The number of ether oxygens (including phenoxy) is 2. The molecule has 1 fully saturated rings. The maximum absolute atomic E-state index is 12.1. The van der Waals surface area contributed by atoms with E-state index < -0.39 is 35.0 Å². The van der Waals surface area contributed by atoms with Crippen LogP contribution in [0.15, 0.2) is 35.3 Å². The minimum absolute atomic E-state index is 0.0332. The van der Waals surface area contributed by atoms with Gasteiger partial charge in [0.15, 0.2) is 5.54 Å². The minimum Gasteiger partial charge on any atom is -0.448 e. The third-order valence-electron chi connectivity index (χ3n) is 3.64. The van der Waals surface area contributed by atoms with E-state index in [0.717, 1.165) is 5.56 Å². The average molecular weight is 331 g/mol. The fraction of sp³-hybridized carbons (Fsp3) is 0.444. The number of nitrogens with zero attached hydrogens (tertiary/aromatic N) is 1. The molecule has 1 aliphatic heterocycles. The van der Waals surface area contributed by atoms with Crippen LogP contribution < -0.4 is 0 Å². The van der Waals surface area contributed by atoms with Gasteiger partial charge in [-0.15, -0.1) is 0 Å². The molecule has 0 spiro atoms. The Hall–Kier alpha value is -2.50. The Bertz CT molecular complexity index is 674. The van der Waals surface area contributed by atoms with Gasteiger partial charge < -0.3 is 9.47 Å². The molecule has 1 heterocycles. The van der Waals surface area contributed by atoms with E-state index in [1.165, 1.54) is 0 Å². The Morgan fingerprint density at radius 1 is 1.29 bits per heavy atom. The highest BCUT2D eigenvalue weighted by molar-refractivity contribution is 5.95. The van der Waals surface area contributed by atoms with Gasteiger partial charge in [0.25, 0.3) is 0 Å². The van der Waals surface area contributed by atoms with Crippen molar-refractivity contribution in [2.75, 3.05) is 0 Å². The fourth-order valence-corrected chi connectivity index (χ4v) is 2.05. The van der Waals surface area contributed by atoms with Crippen LogP contribution in [0, 0.1) is 5.41 Å². The van der Waals surface area contributed by atoms with Gasteiger partial charge in [-0.25, -0.2) is 9.59 Å². The van der Waals surface area contributed by atoms with Crippen LogP contribution in [0.2, 0.25) is 0 Å². The first-order chi connectivity index (χ1) is 11.1. The molecule has 0 aliphatic carbocycles. The van der Waals surface area contributed by atoms with Crippen molar-refractivity contribution in [2.45, 2.75) is 45.8 Å². The summed E-state index contributed by atoms with van der Waals surface area (Å²) in [6, 6.07) is 9.28. The molecule has 1 aromatic rings. The number of aliphatic imine (C=N–C) groups is 1. The number of carbonyl (C=O) groups excluding carboxylic acids is 3. The van der Waals surface area contributed by atoms with Crippen LogP contribution >= 0.6 is 0 Å². The van der Waals surface area contributed by atoms with Crippen LogP contribution in [0.5, 0.6) is 0 Å². The smallest absolute Gasteiger partial charge is 0.355 e. The quantitative estimate of drug-likeness (QED) is 0.482. The summed E-state index contributed by atoms with van der Waals surface area (Å²) in [6.45, 7) is 6.50. The van der Waals surface area contributed by atoms with Gasteiger partial charge in [-0.1, -0.05) is 30.3 Å². The number of cyclic esters (lactones) is 1. The van der Waals surface area contributed by atoms with Gasteiger partial charge in [0.05, 0.1) is 5.41 Å². The van der Waals surface area contributed by atoms with E-state index in [4.69, 9.17) is 9.47 Å². The standard InChI is InChI=1S/C18H21NO5/c1-17(2,3)15(21)24-14(20)13-10-18(4,16(22)23-13)19-11-12-8-6-5-7-9-12/h5-9,11,13H,10H2,1-4H3. The second kappa shape index (κ2) is 6.55. The van der Waals surface area contributed by atoms with Crippen LogP contribution in [-0.2, 0) is 23.9 Å². The maximum atomic E-state index is 12.1. The Morgan fingerprint density at radius 2 is 1.92 bits per heavy atom.